The molecule has 0 fully saturated rings. The molecule has 0 aliphatic carbocycles. The van der Waals surface area contributed by atoms with E-state index >= 15 is 0 Å². The van der Waals surface area contributed by atoms with Crippen LogP contribution in [0.15, 0.2) is 24.3 Å². The van der Waals surface area contributed by atoms with E-state index in [0.29, 0.717) is 12.0 Å². The summed E-state index contributed by atoms with van der Waals surface area (Å²) in [7, 11) is 0. The van der Waals surface area contributed by atoms with Crippen molar-refractivity contribution in [1.29, 1.82) is 0 Å². The van der Waals surface area contributed by atoms with Crippen molar-refractivity contribution in [2.75, 3.05) is 0 Å². The summed E-state index contributed by atoms with van der Waals surface area (Å²) in [4.78, 5) is 13.1. The molecule has 0 N–H and O–H groups in total. The van der Waals surface area contributed by atoms with Crippen molar-refractivity contribution in [1.82, 2.24) is 0 Å². The lowest BCUT2D eigenvalue weighted by atomic mass is 9.61. The van der Waals surface area contributed by atoms with E-state index in [0.717, 1.165) is 0 Å². The van der Waals surface area contributed by atoms with Crippen LogP contribution in [0.3, 0.4) is 0 Å². The topological polar surface area (TPSA) is 26.3 Å². The zero-order valence-electron chi connectivity index (χ0n) is 16.7. The minimum absolute atomic E-state index is 0.00987. The van der Waals surface area contributed by atoms with E-state index in [9.17, 15) is 9.18 Å². The average molecular weight is 336 g/mol. The van der Waals surface area contributed by atoms with Crippen molar-refractivity contribution in [2.45, 2.75) is 74.3 Å². The summed E-state index contributed by atoms with van der Waals surface area (Å²) in [5, 5.41) is 0. The fraction of sp³-hybridized carbons (Fsp3) is 0.667. The molecule has 1 aromatic carbocycles. The van der Waals surface area contributed by atoms with Crippen LogP contribution in [-0.4, -0.2) is 5.97 Å². The zero-order valence-corrected chi connectivity index (χ0v) is 16.7. The van der Waals surface area contributed by atoms with E-state index in [-0.39, 0.29) is 22.6 Å². The van der Waals surface area contributed by atoms with Gasteiger partial charge in [0.25, 0.3) is 0 Å². The number of carbonyl (C=O) groups is 1. The van der Waals surface area contributed by atoms with Crippen LogP contribution in [0.4, 0.5) is 4.39 Å². The summed E-state index contributed by atoms with van der Waals surface area (Å²) in [5.74, 6) is -0.566. The number of rotatable bonds is 4. The first-order valence-corrected chi connectivity index (χ1v) is 8.58. The van der Waals surface area contributed by atoms with Gasteiger partial charge in [-0.3, -0.25) is 4.79 Å². The number of esters is 1. The predicted molar refractivity (Wildman–Crippen MR) is 97.2 cm³/mol. The van der Waals surface area contributed by atoms with Gasteiger partial charge in [-0.05, 0) is 55.7 Å². The van der Waals surface area contributed by atoms with Gasteiger partial charge in [-0.15, -0.1) is 0 Å². The summed E-state index contributed by atoms with van der Waals surface area (Å²) in [5.41, 5.74) is -1.14. The van der Waals surface area contributed by atoms with Crippen molar-refractivity contribution in [2.24, 2.45) is 16.2 Å². The molecule has 0 heterocycles. The number of hydrogen-bond acceptors (Lipinski definition) is 2. The molecule has 0 aliphatic rings. The van der Waals surface area contributed by atoms with Gasteiger partial charge in [0.2, 0.25) is 0 Å². The number of halogens is 1. The fourth-order valence-corrected chi connectivity index (χ4v) is 2.97. The predicted octanol–water partition coefficient (Wildman–Crippen LogP) is 6.09. The van der Waals surface area contributed by atoms with Gasteiger partial charge in [0.15, 0.2) is 0 Å². The Morgan fingerprint density at radius 1 is 1.00 bits per heavy atom. The largest absolute Gasteiger partial charge is 0.454 e. The monoisotopic (exact) mass is 336 g/mol. The molecule has 0 aromatic heterocycles. The van der Waals surface area contributed by atoms with Crippen LogP contribution in [0.1, 0.15) is 74.3 Å². The second-order valence-corrected chi connectivity index (χ2v) is 9.73. The van der Waals surface area contributed by atoms with Gasteiger partial charge < -0.3 is 4.74 Å². The second kappa shape index (κ2) is 6.50. The van der Waals surface area contributed by atoms with Crippen LogP contribution >= 0.6 is 0 Å². The first-order chi connectivity index (χ1) is 10.6. The third-order valence-corrected chi connectivity index (χ3v) is 4.86. The van der Waals surface area contributed by atoms with E-state index in [1.54, 1.807) is 26.0 Å². The number of carbonyl (C=O) groups excluding carboxylic acids is 1. The lowest BCUT2D eigenvalue weighted by molar-refractivity contribution is -0.179. The van der Waals surface area contributed by atoms with Crippen molar-refractivity contribution >= 4 is 5.97 Å². The molecule has 0 spiro atoms. The maximum Gasteiger partial charge on any atom is 0.313 e. The molecule has 0 saturated heterocycles. The molecule has 24 heavy (non-hydrogen) atoms. The standard InChI is InChI=1S/C21H33FO2/c1-18(2,3)14-21(9,19(4,5)6)17(23)24-20(7,8)15-11-10-12-16(22)13-15/h10-13H,14H2,1-9H3. The molecule has 3 heteroatoms. The number of benzene rings is 1. The summed E-state index contributed by atoms with van der Waals surface area (Å²) < 4.78 is 19.5. The Hall–Kier alpha value is -1.38. The first kappa shape index (κ1) is 20.7. The lowest BCUT2D eigenvalue weighted by Crippen LogP contribution is -2.46. The summed E-state index contributed by atoms with van der Waals surface area (Å²) >= 11 is 0. The highest BCUT2D eigenvalue weighted by Gasteiger charge is 2.49. The smallest absolute Gasteiger partial charge is 0.313 e. The zero-order chi connectivity index (χ0) is 19.0. The molecular weight excluding hydrogens is 303 g/mol. The molecule has 1 unspecified atom stereocenters. The lowest BCUT2D eigenvalue weighted by Gasteiger charge is -2.45. The fourth-order valence-electron chi connectivity index (χ4n) is 2.97. The molecule has 136 valence electrons. The number of ether oxygens (including phenoxy) is 1. The van der Waals surface area contributed by atoms with Gasteiger partial charge >= 0.3 is 5.97 Å². The van der Waals surface area contributed by atoms with Gasteiger partial charge in [-0.1, -0.05) is 53.7 Å². The van der Waals surface area contributed by atoms with Crippen molar-refractivity contribution in [3.8, 4) is 0 Å². The second-order valence-electron chi connectivity index (χ2n) is 9.73. The average Bonchev–Trinajstić information content (AvgIpc) is 2.34. The number of hydrogen-bond donors (Lipinski definition) is 0. The highest BCUT2D eigenvalue weighted by atomic mass is 19.1. The molecule has 0 saturated carbocycles. The van der Waals surface area contributed by atoms with Crippen molar-refractivity contribution in [3.05, 3.63) is 35.6 Å². The van der Waals surface area contributed by atoms with E-state index in [4.69, 9.17) is 4.74 Å². The summed E-state index contributed by atoms with van der Waals surface area (Å²) in [6.45, 7) is 18.2. The maximum absolute atomic E-state index is 13.5. The normalized spacial score (nSPS) is 15.8. The minimum atomic E-state index is -0.885. The van der Waals surface area contributed by atoms with Gasteiger partial charge in [0.1, 0.15) is 11.4 Å². The molecule has 1 aromatic rings. The molecule has 2 nitrogen and oxygen atoms in total. The van der Waals surface area contributed by atoms with E-state index in [2.05, 4.69) is 41.5 Å². The molecule has 1 atom stereocenters. The van der Waals surface area contributed by atoms with Crippen LogP contribution in [-0.2, 0) is 15.1 Å². The SMILES string of the molecule is CC(C)(C)CC(C)(C(=O)OC(C)(C)c1cccc(F)c1)C(C)(C)C. The van der Waals surface area contributed by atoms with Gasteiger partial charge in [-0.2, -0.15) is 0 Å². The Morgan fingerprint density at radius 3 is 1.96 bits per heavy atom. The first-order valence-electron chi connectivity index (χ1n) is 8.58. The van der Waals surface area contributed by atoms with Crippen LogP contribution in [0.25, 0.3) is 0 Å². The van der Waals surface area contributed by atoms with E-state index in [1.807, 2.05) is 6.92 Å². The van der Waals surface area contributed by atoms with Crippen LogP contribution < -0.4 is 0 Å². The minimum Gasteiger partial charge on any atom is -0.454 e. The van der Waals surface area contributed by atoms with Crippen LogP contribution in [0.2, 0.25) is 0 Å². The third-order valence-electron chi connectivity index (χ3n) is 4.86. The Bertz CT molecular complexity index is 591. The third kappa shape index (κ3) is 4.81. The molecule has 0 radical (unpaired) electrons. The van der Waals surface area contributed by atoms with Crippen molar-refractivity contribution < 1.29 is 13.9 Å². The highest BCUT2D eigenvalue weighted by Crippen LogP contribution is 2.48. The Labute approximate surface area is 146 Å². The maximum atomic E-state index is 13.5. The summed E-state index contributed by atoms with van der Waals surface area (Å²) in [6.07, 6.45) is 0.710. The van der Waals surface area contributed by atoms with Gasteiger partial charge in [0, 0.05) is 0 Å². The van der Waals surface area contributed by atoms with Crippen molar-refractivity contribution in [3.63, 3.8) is 0 Å². The summed E-state index contributed by atoms with van der Waals surface area (Å²) in [6, 6.07) is 6.23. The van der Waals surface area contributed by atoms with Gasteiger partial charge in [0.05, 0.1) is 5.41 Å². The quantitative estimate of drug-likeness (QED) is 0.622. The van der Waals surface area contributed by atoms with E-state index in [1.165, 1.54) is 12.1 Å². The highest BCUT2D eigenvalue weighted by molar-refractivity contribution is 5.78. The molecule has 0 aliphatic heterocycles. The van der Waals surface area contributed by atoms with Crippen LogP contribution in [0.5, 0.6) is 0 Å². The Morgan fingerprint density at radius 2 is 1.54 bits per heavy atom. The molecule has 1 rings (SSSR count). The Kier molecular flexibility index (Phi) is 5.59. The molecular formula is C21H33FO2. The van der Waals surface area contributed by atoms with E-state index < -0.39 is 11.0 Å². The molecule has 0 amide bonds. The van der Waals surface area contributed by atoms with Crippen LogP contribution in [0, 0.1) is 22.1 Å². The molecule has 0 bridgehead atoms. The Balaban J connectivity index is 3.17. The van der Waals surface area contributed by atoms with Gasteiger partial charge in [-0.25, -0.2) is 4.39 Å².